The zero-order valence-electron chi connectivity index (χ0n) is 14.0. The maximum absolute atomic E-state index is 10.7. The van der Waals surface area contributed by atoms with Crippen molar-refractivity contribution >= 4 is 16.6 Å². The number of aliphatic hydroxyl groups is 1. The van der Waals surface area contributed by atoms with Crippen molar-refractivity contribution in [3.8, 4) is 0 Å². The Morgan fingerprint density at radius 2 is 2.12 bits per heavy atom. The van der Waals surface area contributed by atoms with Crippen LogP contribution in [0.1, 0.15) is 35.6 Å². The number of para-hydroxylation sites is 1. The van der Waals surface area contributed by atoms with Crippen molar-refractivity contribution in [2.45, 2.75) is 32.3 Å². The molecule has 0 saturated carbocycles. The lowest BCUT2D eigenvalue weighted by Gasteiger charge is -2.32. The largest absolute Gasteiger partial charge is 0.388 e. The van der Waals surface area contributed by atoms with Crippen LogP contribution >= 0.6 is 0 Å². The molecule has 0 amide bonds. The van der Waals surface area contributed by atoms with Crippen molar-refractivity contribution in [3.63, 3.8) is 0 Å². The normalized spacial score (nSPS) is 15.5. The number of nitrogens with zero attached hydrogens (tertiary/aromatic N) is 2. The van der Waals surface area contributed by atoms with Gasteiger partial charge in [0.15, 0.2) is 0 Å². The van der Waals surface area contributed by atoms with Crippen LogP contribution in [0.3, 0.4) is 0 Å². The highest BCUT2D eigenvalue weighted by molar-refractivity contribution is 5.82. The molecule has 4 rings (SSSR count). The van der Waals surface area contributed by atoms with E-state index < -0.39 is 6.10 Å². The van der Waals surface area contributed by atoms with Crippen LogP contribution in [0.2, 0.25) is 0 Å². The Labute approximate surface area is 142 Å². The lowest BCUT2D eigenvalue weighted by molar-refractivity contribution is 0.168. The van der Waals surface area contributed by atoms with Gasteiger partial charge in [0.05, 0.1) is 17.8 Å². The van der Waals surface area contributed by atoms with Gasteiger partial charge in [0, 0.05) is 24.2 Å². The summed E-state index contributed by atoms with van der Waals surface area (Å²) in [5.74, 6) is 0. The number of aryl methyl sites for hydroxylation is 2. The van der Waals surface area contributed by atoms with Crippen LogP contribution < -0.4 is 4.90 Å². The highest BCUT2D eigenvalue weighted by Gasteiger charge is 2.19. The highest BCUT2D eigenvalue weighted by atomic mass is 16.3. The Bertz CT molecular complexity index is 855. The van der Waals surface area contributed by atoms with Crippen LogP contribution in [0.5, 0.6) is 0 Å². The second-order valence-corrected chi connectivity index (χ2v) is 6.63. The minimum atomic E-state index is -0.446. The number of H-pyrrole nitrogens is 1. The van der Waals surface area contributed by atoms with Gasteiger partial charge in [-0.15, -0.1) is 0 Å². The fraction of sp³-hybridized carbons (Fsp3) is 0.350. The zero-order valence-corrected chi connectivity index (χ0v) is 14.0. The van der Waals surface area contributed by atoms with Crippen molar-refractivity contribution in [1.82, 2.24) is 10.2 Å². The van der Waals surface area contributed by atoms with Gasteiger partial charge in [0.2, 0.25) is 0 Å². The molecule has 0 radical (unpaired) electrons. The molecule has 1 aromatic heterocycles. The predicted octanol–water partition coefficient (Wildman–Crippen LogP) is 3.75. The number of rotatable bonds is 4. The zero-order chi connectivity index (χ0) is 16.5. The second-order valence-electron chi connectivity index (χ2n) is 6.63. The van der Waals surface area contributed by atoms with Gasteiger partial charge in [-0.3, -0.25) is 5.10 Å². The summed E-state index contributed by atoms with van der Waals surface area (Å²) in [6.07, 6.45) is 4.47. The summed E-state index contributed by atoms with van der Waals surface area (Å²) in [6, 6.07) is 12.7. The van der Waals surface area contributed by atoms with Crippen LogP contribution in [0.4, 0.5) is 5.69 Å². The molecule has 0 bridgehead atoms. The molecule has 3 aromatic rings. The first-order valence-electron chi connectivity index (χ1n) is 8.67. The molecule has 2 aromatic carbocycles. The number of aromatic nitrogens is 2. The van der Waals surface area contributed by atoms with E-state index in [0.29, 0.717) is 0 Å². The molecule has 2 heterocycles. The minimum Gasteiger partial charge on any atom is -0.388 e. The summed E-state index contributed by atoms with van der Waals surface area (Å²) in [7, 11) is 0. The molecule has 1 aliphatic rings. The number of aliphatic hydroxyl groups excluding tert-OH is 1. The van der Waals surface area contributed by atoms with Gasteiger partial charge in [-0.25, -0.2) is 0 Å². The minimum absolute atomic E-state index is 0.446. The summed E-state index contributed by atoms with van der Waals surface area (Å²) in [5.41, 5.74) is 5.91. The fourth-order valence-corrected chi connectivity index (χ4v) is 3.81. The molecule has 124 valence electrons. The molecule has 4 nitrogen and oxygen atoms in total. The molecular weight excluding hydrogens is 298 g/mol. The van der Waals surface area contributed by atoms with Gasteiger partial charge in [-0.2, -0.15) is 5.10 Å². The average molecular weight is 321 g/mol. The lowest BCUT2D eigenvalue weighted by Crippen LogP contribution is -2.31. The van der Waals surface area contributed by atoms with E-state index in [0.717, 1.165) is 48.0 Å². The van der Waals surface area contributed by atoms with E-state index in [1.54, 1.807) is 0 Å². The molecular formula is C20H23N3O. The number of nitrogens with one attached hydrogen (secondary N) is 1. The Balaban J connectivity index is 1.50. The van der Waals surface area contributed by atoms with Crippen molar-refractivity contribution in [2.24, 2.45) is 0 Å². The second kappa shape index (κ2) is 6.29. The molecule has 0 aliphatic carbocycles. The Hall–Kier alpha value is -2.33. The summed E-state index contributed by atoms with van der Waals surface area (Å²) in [5, 5.41) is 18.9. The highest BCUT2D eigenvalue weighted by Crippen LogP contribution is 2.30. The molecule has 1 unspecified atom stereocenters. The third kappa shape index (κ3) is 2.67. The fourth-order valence-electron chi connectivity index (χ4n) is 3.81. The molecule has 24 heavy (non-hydrogen) atoms. The van der Waals surface area contributed by atoms with Crippen LogP contribution in [-0.2, 0) is 6.42 Å². The topological polar surface area (TPSA) is 52.1 Å². The Morgan fingerprint density at radius 3 is 3.04 bits per heavy atom. The van der Waals surface area contributed by atoms with Crippen molar-refractivity contribution in [3.05, 3.63) is 59.3 Å². The Kier molecular flexibility index (Phi) is 3.98. The van der Waals surface area contributed by atoms with Crippen molar-refractivity contribution in [2.75, 3.05) is 18.0 Å². The number of hydrogen-bond donors (Lipinski definition) is 2. The van der Waals surface area contributed by atoms with Gasteiger partial charge >= 0.3 is 0 Å². The molecule has 2 N–H and O–H groups in total. The maximum Gasteiger partial charge on any atom is 0.0809 e. The van der Waals surface area contributed by atoms with Crippen LogP contribution in [0, 0.1) is 6.92 Å². The summed E-state index contributed by atoms with van der Waals surface area (Å²) in [6.45, 7) is 4.01. The van der Waals surface area contributed by atoms with E-state index in [1.807, 2.05) is 18.3 Å². The summed E-state index contributed by atoms with van der Waals surface area (Å²) < 4.78 is 0. The quantitative estimate of drug-likeness (QED) is 0.769. The number of anilines is 1. The van der Waals surface area contributed by atoms with E-state index in [4.69, 9.17) is 0 Å². The first kappa shape index (κ1) is 15.2. The number of fused-ring (bicyclic) bond motifs is 2. The number of hydrogen-bond acceptors (Lipinski definition) is 3. The Morgan fingerprint density at radius 1 is 1.25 bits per heavy atom. The van der Waals surface area contributed by atoms with E-state index in [2.05, 4.69) is 46.3 Å². The molecule has 1 atom stereocenters. The number of aromatic amines is 1. The first-order valence-corrected chi connectivity index (χ1v) is 8.67. The summed E-state index contributed by atoms with van der Waals surface area (Å²) >= 11 is 0. The monoisotopic (exact) mass is 321 g/mol. The average Bonchev–Trinajstić information content (AvgIpc) is 3.09. The van der Waals surface area contributed by atoms with E-state index >= 15 is 0 Å². The first-order chi connectivity index (χ1) is 11.7. The van der Waals surface area contributed by atoms with Gasteiger partial charge in [-0.1, -0.05) is 24.3 Å². The SMILES string of the molecule is Cc1c(C(O)CCN2CCCc3ccccc32)ccc2[nH]ncc12. The van der Waals surface area contributed by atoms with Crippen LogP contribution in [0.15, 0.2) is 42.6 Å². The van der Waals surface area contributed by atoms with Crippen LogP contribution in [-0.4, -0.2) is 28.4 Å². The van der Waals surface area contributed by atoms with E-state index in [-0.39, 0.29) is 0 Å². The number of benzene rings is 2. The van der Waals surface area contributed by atoms with E-state index in [9.17, 15) is 5.11 Å². The van der Waals surface area contributed by atoms with Gasteiger partial charge in [-0.05, 0) is 55.0 Å². The van der Waals surface area contributed by atoms with Crippen molar-refractivity contribution in [1.29, 1.82) is 0 Å². The standard InChI is InChI=1S/C20H23N3O/c1-14-16(8-9-18-17(14)13-21-22-18)20(24)10-12-23-11-4-6-15-5-2-3-7-19(15)23/h2-3,5,7-9,13,20,24H,4,6,10-12H2,1H3,(H,21,22). The van der Waals surface area contributed by atoms with Crippen LogP contribution in [0.25, 0.3) is 10.9 Å². The molecule has 0 fully saturated rings. The third-order valence-corrected chi connectivity index (χ3v) is 5.17. The molecule has 0 spiro atoms. The predicted molar refractivity (Wildman–Crippen MR) is 97.4 cm³/mol. The summed E-state index contributed by atoms with van der Waals surface area (Å²) in [4.78, 5) is 2.41. The van der Waals surface area contributed by atoms with Gasteiger partial charge in [0.1, 0.15) is 0 Å². The molecule has 1 aliphatic heterocycles. The smallest absolute Gasteiger partial charge is 0.0809 e. The third-order valence-electron chi connectivity index (χ3n) is 5.17. The van der Waals surface area contributed by atoms with E-state index in [1.165, 1.54) is 17.7 Å². The maximum atomic E-state index is 10.7. The lowest BCUT2D eigenvalue weighted by atomic mass is 9.97. The molecule has 0 saturated heterocycles. The molecule has 4 heteroatoms. The van der Waals surface area contributed by atoms with Gasteiger partial charge < -0.3 is 10.0 Å². The van der Waals surface area contributed by atoms with Gasteiger partial charge in [0.25, 0.3) is 0 Å². The van der Waals surface area contributed by atoms with Crippen molar-refractivity contribution < 1.29 is 5.11 Å².